The summed E-state index contributed by atoms with van der Waals surface area (Å²) < 4.78 is 5.11. The Labute approximate surface area is 114 Å². The lowest BCUT2D eigenvalue weighted by molar-refractivity contribution is 0.182. The summed E-state index contributed by atoms with van der Waals surface area (Å²) in [5.41, 5.74) is 2.04. The van der Waals surface area contributed by atoms with E-state index in [-0.39, 0.29) is 0 Å². The van der Waals surface area contributed by atoms with Crippen LogP contribution < -0.4 is 4.74 Å². The van der Waals surface area contributed by atoms with Gasteiger partial charge in [0.2, 0.25) is 0 Å². The van der Waals surface area contributed by atoms with Gasteiger partial charge in [-0.2, -0.15) is 0 Å². The number of rotatable bonds is 5. The second-order valence-corrected chi connectivity index (χ2v) is 4.34. The van der Waals surface area contributed by atoms with Gasteiger partial charge in [-0.3, -0.25) is 0 Å². The molecule has 2 nitrogen and oxygen atoms in total. The Bertz CT molecular complexity index is 515. The molecular weight excluding hydrogens is 236 g/mol. The average molecular weight is 254 g/mol. The zero-order valence-corrected chi connectivity index (χ0v) is 11.0. The Morgan fingerprint density at radius 1 is 1.05 bits per heavy atom. The molecule has 2 rings (SSSR count). The van der Waals surface area contributed by atoms with E-state index in [9.17, 15) is 5.11 Å². The van der Waals surface area contributed by atoms with Gasteiger partial charge in [-0.25, -0.2) is 0 Å². The minimum Gasteiger partial charge on any atom is -0.497 e. The van der Waals surface area contributed by atoms with Crippen molar-refractivity contribution < 1.29 is 9.84 Å². The van der Waals surface area contributed by atoms with Crippen LogP contribution in [0.1, 0.15) is 23.7 Å². The summed E-state index contributed by atoms with van der Waals surface area (Å²) in [6, 6.07) is 17.5. The molecular formula is C17H18O2. The van der Waals surface area contributed by atoms with Crippen LogP contribution in [0.15, 0.2) is 60.7 Å². The van der Waals surface area contributed by atoms with Crippen LogP contribution in [-0.4, -0.2) is 12.2 Å². The maximum atomic E-state index is 10.0. The largest absolute Gasteiger partial charge is 0.497 e. The fourth-order valence-electron chi connectivity index (χ4n) is 1.86. The van der Waals surface area contributed by atoms with Crippen molar-refractivity contribution in [3.8, 4) is 5.75 Å². The van der Waals surface area contributed by atoms with Crippen molar-refractivity contribution >= 4 is 6.08 Å². The molecule has 0 saturated carbocycles. The quantitative estimate of drug-likeness (QED) is 0.878. The molecule has 2 heteroatoms. The van der Waals surface area contributed by atoms with E-state index in [1.54, 1.807) is 7.11 Å². The van der Waals surface area contributed by atoms with E-state index in [1.807, 2.05) is 66.7 Å². The lowest BCUT2D eigenvalue weighted by Crippen LogP contribution is -1.94. The molecule has 2 aromatic rings. The van der Waals surface area contributed by atoms with Crippen LogP contribution in [0.25, 0.3) is 6.08 Å². The standard InChI is InChI=1S/C17H18O2/c1-19-16-12-10-14(11-13-16)6-5-9-17(18)15-7-3-2-4-8-15/h2-8,10-13,17-18H,9H2,1H3/b6-5+. The second-order valence-electron chi connectivity index (χ2n) is 4.34. The highest BCUT2D eigenvalue weighted by atomic mass is 16.5. The van der Waals surface area contributed by atoms with Gasteiger partial charge in [0.05, 0.1) is 13.2 Å². The van der Waals surface area contributed by atoms with Gasteiger partial charge < -0.3 is 9.84 Å². The van der Waals surface area contributed by atoms with Crippen LogP contribution in [0, 0.1) is 0 Å². The van der Waals surface area contributed by atoms with Gasteiger partial charge >= 0.3 is 0 Å². The summed E-state index contributed by atoms with van der Waals surface area (Å²) in [5.74, 6) is 0.849. The molecule has 0 radical (unpaired) electrons. The first-order chi connectivity index (χ1) is 9.29. The maximum Gasteiger partial charge on any atom is 0.118 e. The topological polar surface area (TPSA) is 29.5 Å². The fourth-order valence-corrected chi connectivity index (χ4v) is 1.86. The SMILES string of the molecule is COc1ccc(/C=C/CC(O)c2ccccc2)cc1. The van der Waals surface area contributed by atoms with Gasteiger partial charge in [-0.15, -0.1) is 0 Å². The number of ether oxygens (including phenoxy) is 1. The van der Waals surface area contributed by atoms with E-state index < -0.39 is 6.10 Å². The lowest BCUT2D eigenvalue weighted by atomic mass is 10.1. The van der Waals surface area contributed by atoms with E-state index in [0.717, 1.165) is 16.9 Å². The molecule has 0 aliphatic rings. The van der Waals surface area contributed by atoms with Gasteiger partial charge in [0.15, 0.2) is 0 Å². The van der Waals surface area contributed by atoms with Gasteiger partial charge in [0, 0.05) is 0 Å². The number of methoxy groups -OCH3 is 1. The van der Waals surface area contributed by atoms with Gasteiger partial charge in [0.25, 0.3) is 0 Å². The molecule has 0 aromatic heterocycles. The predicted octanol–water partition coefficient (Wildman–Crippen LogP) is 3.83. The van der Waals surface area contributed by atoms with Crippen molar-refractivity contribution in [2.75, 3.05) is 7.11 Å². The molecule has 1 unspecified atom stereocenters. The summed E-state index contributed by atoms with van der Waals surface area (Å²) in [6.45, 7) is 0. The third-order valence-corrected chi connectivity index (χ3v) is 2.97. The monoisotopic (exact) mass is 254 g/mol. The summed E-state index contributed by atoms with van der Waals surface area (Å²) in [5, 5.41) is 10.0. The second kappa shape index (κ2) is 6.76. The molecule has 0 fully saturated rings. The number of hydrogen-bond donors (Lipinski definition) is 1. The number of benzene rings is 2. The normalized spacial score (nSPS) is 12.5. The highest BCUT2D eigenvalue weighted by Gasteiger charge is 2.03. The first-order valence-electron chi connectivity index (χ1n) is 6.33. The average Bonchev–Trinajstić information content (AvgIpc) is 2.49. The maximum absolute atomic E-state index is 10.0. The molecule has 1 N–H and O–H groups in total. The smallest absolute Gasteiger partial charge is 0.118 e. The molecule has 2 aromatic carbocycles. The minimum atomic E-state index is -0.448. The molecule has 0 bridgehead atoms. The number of aliphatic hydroxyl groups is 1. The molecule has 98 valence electrons. The minimum absolute atomic E-state index is 0.448. The number of aliphatic hydroxyl groups excluding tert-OH is 1. The first-order valence-corrected chi connectivity index (χ1v) is 6.33. The third kappa shape index (κ3) is 3.97. The Morgan fingerprint density at radius 3 is 2.37 bits per heavy atom. The van der Waals surface area contributed by atoms with Gasteiger partial charge in [-0.05, 0) is 29.7 Å². The lowest BCUT2D eigenvalue weighted by Gasteiger charge is -2.07. The summed E-state index contributed by atoms with van der Waals surface area (Å²) in [6.07, 6.45) is 4.15. The van der Waals surface area contributed by atoms with E-state index >= 15 is 0 Å². The third-order valence-electron chi connectivity index (χ3n) is 2.97. The Balaban J connectivity index is 1.92. The molecule has 19 heavy (non-hydrogen) atoms. The predicted molar refractivity (Wildman–Crippen MR) is 78.0 cm³/mol. The highest BCUT2D eigenvalue weighted by molar-refractivity contribution is 5.50. The van der Waals surface area contributed by atoms with Crippen LogP contribution in [0.3, 0.4) is 0 Å². The van der Waals surface area contributed by atoms with Crippen LogP contribution in [-0.2, 0) is 0 Å². The van der Waals surface area contributed by atoms with Crippen molar-refractivity contribution in [3.05, 3.63) is 71.8 Å². The molecule has 0 spiro atoms. The van der Waals surface area contributed by atoms with E-state index in [0.29, 0.717) is 6.42 Å². The summed E-state index contributed by atoms with van der Waals surface area (Å²) >= 11 is 0. The molecule has 1 atom stereocenters. The molecule has 0 amide bonds. The van der Waals surface area contributed by atoms with E-state index in [1.165, 1.54) is 0 Å². The Hall–Kier alpha value is -2.06. The van der Waals surface area contributed by atoms with Crippen LogP contribution in [0.2, 0.25) is 0 Å². The van der Waals surface area contributed by atoms with Crippen molar-refractivity contribution in [2.45, 2.75) is 12.5 Å². The fraction of sp³-hybridized carbons (Fsp3) is 0.176. The van der Waals surface area contributed by atoms with Crippen molar-refractivity contribution in [1.29, 1.82) is 0 Å². The Morgan fingerprint density at radius 2 is 1.74 bits per heavy atom. The highest BCUT2D eigenvalue weighted by Crippen LogP contribution is 2.18. The molecule has 0 heterocycles. The van der Waals surface area contributed by atoms with Gasteiger partial charge in [0.1, 0.15) is 5.75 Å². The van der Waals surface area contributed by atoms with Crippen LogP contribution in [0.4, 0.5) is 0 Å². The summed E-state index contributed by atoms with van der Waals surface area (Å²) in [4.78, 5) is 0. The first kappa shape index (κ1) is 13.4. The van der Waals surface area contributed by atoms with Gasteiger partial charge in [-0.1, -0.05) is 54.6 Å². The van der Waals surface area contributed by atoms with Crippen molar-refractivity contribution in [3.63, 3.8) is 0 Å². The molecule has 0 aliphatic carbocycles. The van der Waals surface area contributed by atoms with Crippen LogP contribution in [0.5, 0.6) is 5.75 Å². The van der Waals surface area contributed by atoms with Crippen molar-refractivity contribution in [2.24, 2.45) is 0 Å². The van der Waals surface area contributed by atoms with E-state index in [2.05, 4.69) is 0 Å². The summed E-state index contributed by atoms with van der Waals surface area (Å²) in [7, 11) is 1.65. The Kier molecular flexibility index (Phi) is 4.76. The van der Waals surface area contributed by atoms with Crippen molar-refractivity contribution in [1.82, 2.24) is 0 Å². The zero-order valence-electron chi connectivity index (χ0n) is 11.0. The van der Waals surface area contributed by atoms with E-state index in [4.69, 9.17) is 4.74 Å². The number of hydrogen-bond acceptors (Lipinski definition) is 2. The zero-order chi connectivity index (χ0) is 13.5. The molecule has 0 saturated heterocycles. The molecule has 0 aliphatic heterocycles. The van der Waals surface area contributed by atoms with Crippen LogP contribution >= 0.6 is 0 Å².